The second-order valence-corrected chi connectivity index (χ2v) is 11.1. The summed E-state index contributed by atoms with van der Waals surface area (Å²) in [5.41, 5.74) is 10.1. The Morgan fingerprint density at radius 2 is 1.59 bits per heavy atom. The highest BCUT2D eigenvalue weighted by Gasteiger charge is 2.36. The first-order chi connectivity index (χ1) is 18.9. The highest BCUT2D eigenvalue weighted by Crippen LogP contribution is 2.51. The fourth-order valence-corrected chi connectivity index (χ4v) is 6.80. The second kappa shape index (κ2) is 7.86. The first-order valence-corrected chi connectivity index (χ1v) is 13.4. The van der Waals surface area contributed by atoms with Crippen LogP contribution >= 0.6 is 0 Å². The zero-order chi connectivity index (χ0) is 26.5. The van der Waals surface area contributed by atoms with Gasteiger partial charge < -0.3 is 19.0 Å². The SMILES string of the molecule is CC1(C)c2ccccc2-c2cc3c4ccccc4n(-c4cccc5c6c(oc45)=C(B(O)O)CC=CC=6)c3cc21. The largest absolute Gasteiger partial charge is 0.488 e. The molecular weight excluding hydrogens is 481 g/mol. The van der Waals surface area contributed by atoms with E-state index in [1.807, 2.05) is 24.3 Å². The summed E-state index contributed by atoms with van der Waals surface area (Å²) in [6.45, 7) is 4.61. The number of hydrogen-bond donors (Lipinski definition) is 2. The van der Waals surface area contributed by atoms with Crippen LogP contribution in [0.5, 0.6) is 0 Å². The van der Waals surface area contributed by atoms with E-state index in [0.717, 1.165) is 32.9 Å². The molecule has 0 saturated heterocycles. The maximum atomic E-state index is 10.1. The quantitative estimate of drug-likeness (QED) is 0.294. The van der Waals surface area contributed by atoms with Crippen molar-refractivity contribution in [2.24, 2.45) is 0 Å². The smallest absolute Gasteiger partial charge is 0.455 e. The molecule has 0 spiro atoms. The van der Waals surface area contributed by atoms with Crippen molar-refractivity contribution >= 4 is 51.4 Å². The summed E-state index contributed by atoms with van der Waals surface area (Å²) in [6.07, 6.45) is 6.30. The average molecular weight is 507 g/mol. The third kappa shape index (κ3) is 2.97. The summed E-state index contributed by atoms with van der Waals surface area (Å²) in [6, 6.07) is 28.2. The Labute approximate surface area is 225 Å². The maximum absolute atomic E-state index is 10.1. The van der Waals surface area contributed by atoms with Crippen LogP contribution in [0, 0.1) is 0 Å². The first-order valence-electron chi connectivity index (χ1n) is 13.4. The van der Waals surface area contributed by atoms with E-state index in [-0.39, 0.29) is 5.41 Å². The van der Waals surface area contributed by atoms with Crippen LogP contribution in [-0.4, -0.2) is 21.7 Å². The van der Waals surface area contributed by atoms with Crippen LogP contribution in [0.3, 0.4) is 0 Å². The van der Waals surface area contributed by atoms with Crippen molar-refractivity contribution in [3.05, 3.63) is 113 Å². The van der Waals surface area contributed by atoms with Crippen molar-refractivity contribution in [2.75, 3.05) is 0 Å². The Kier molecular flexibility index (Phi) is 4.56. The van der Waals surface area contributed by atoms with Gasteiger partial charge in [0.15, 0.2) is 5.58 Å². The van der Waals surface area contributed by atoms with E-state index in [1.165, 1.54) is 33.0 Å². The van der Waals surface area contributed by atoms with Gasteiger partial charge in [-0.25, -0.2) is 0 Å². The number of furan rings is 1. The van der Waals surface area contributed by atoms with Gasteiger partial charge in [0.2, 0.25) is 0 Å². The third-order valence-electron chi connectivity index (χ3n) is 8.69. The number of hydrogen-bond acceptors (Lipinski definition) is 3. The topological polar surface area (TPSA) is 58.5 Å². The highest BCUT2D eigenvalue weighted by molar-refractivity contribution is 6.63. The number of benzene rings is 4. The maximum Gasteiger partial charge on any atom is 0.488 e. The molecule has 188 valence electrons. The molecule has 2 aliphatic carbocycles. The molecule has 4 aromatic carbocycles. The van der Waals surface area contributed by atoms with E-state index in [1.54, 1.807) is 0 Å². The molecule has 5 heteroatoms. The molecule has 4 nitrogen and oxygen atoms in total. The van der Waals surface area contributed by atoms with E-state index in [2.05, 4.69) is 91.2 Å². The predicted octanol–water partition coefficient (Wildman–Crippen LogP) is 5.74. The Bertz CT molecular complexity index is 2160. The standard InChI is InChI=1S/C34H26BNO3/c1-34(2)26-14-6-3-10-20(26)24-18-25-21-11-5-8-16-29(21)36(31(25)19-27(24)34)30-17-9-13-23-22-12-4-7-15-28(35(37)38)32(22)39-33(23)30/h3-14,16-19,37-38H,15H2,1-2H3. The molecule has 0 bridgehead atoms. The summed E-state index contributed by atoms with van der Waals surface area (Å²) in [4.78, 5) is 0. The lowest BCUT2D eigenvalue weighted by Crippen LogP contribution is -2.29. The lowest BCUT2D eigenvalue weighted by atomic mass is 9.77. The number of rotatable bonds is 2. The van der Waals surface area contributed by atoms with Crippen LogP contribution in [0.2, 0.25) is 0 Å². The molecule has 0 radical (unpaired) electrons. The van der Waals surface area contributed by atoms with Crippen molar-refractivity contribution in [1.82, 2.24) is 4.57 Å². The number of allylic oxidation sites excluding steroid dienone is 2. The third-order valence-corrected chi connectivity index (χ3v) is 8.69. The highest BCUT2D eigenvalue weighted by atomic mass is 16.4. The van der Waals surface area contributed by atoms with Gasteiger partial charge in [-0.15, -0.1) is 0 Å². The van der Waals surface area contributed by atoms with Crippen LogP contribution in [0.4, 0.5) is 0 Å². The lowest BCUT2D eigenvalue weighted by molar-refractivity contribution is 0.423. The number of fused-ring (bicyclic) bond motifs is 9. The molecule has 0 amide bonds. The van der Waals surface area contributed by atoms with Crippen molar-refractivity contribution in [2.45, 2.75) is 25.7 Å². The second-order valence-electron chi connectivity index (χ2n) is 11.1. The zero-order valence-electron chi connectivity index (χ0n) is 21.8. The van der Waals surface area contributed by atoms with Gasteiger partial charge in [0.25, 0.3) is 0 Å². The van der Waals surface area contributed by atoms with Gasteiger partial charge in [-0.05, 0) is 52.9 Å². The molecule has 0 aliphatic heterocycles. The molecule has 0 atom stereocenters. The summed E-state index contributed by atoms with van der Waals surface area (Å²) in [5, 5.41) is 24.5. The zero-order valence-corrected chi connectivity index (χ0v) is 21.8. The van der Waals surface area contributed by atoms with Gasteiger partial charge in [-0.3, -0.25) is 0 Å². The minimum absolute atomic E-state index is 0.113. The van der Waals surface area contributed by atoms with Gasteiger partial charge >= 0.3 is 7.12 Å². The van der Waals surface area contributed by atoms with Gasteiger partial charge in [0.1, 0.15) is 5.42 Å². The molecule has 6 aromatic rings. The molecule has 0 saturated carbocycles. The van der Waals surface area contributed by atoms with Crippen LogP contribution in [-0.2, 0) is 5.41 Å². The lowest BCUT2D eigenvalue weighted by Gasteiger charge is -2.21. The summed E-state index contributed by atoms with van der Waals surface area (Å²) >= 11 is 0. The molecular formula is C34H26BNO3. The van der Waals surface area contributed by atoms with E-state index < -0.39 is 7.12 Å². The summed E-state index contributed by atoms with van der Waals surface area (Å²) < 4.78 is 8.84. The van der Waals surface area contributed by atoms with Crippen LogP contribution < -0.4 is 10.6 Å². The molecule has 2 N–H and O–H groups in total. The molecule has 0 fully saturated rings. The summed E-state index contributed by atoms with van der Waals surface area (Å²) in [7, 11) is -1.58. The monoisotopic (exact) mass is 507 g/mol. The van der Waals surface area contributed by atoms with Gasteiger partial charge in [0.05, 0.1) is 16.7 Å². The molecule has 2 heterocycles. The van der Waals surface area contributed by atoms with Gasteiger partial charge in [-0.2, -0.15) is 0 Å². The molecule has 2 aliphatic rings. The predicted molar refractivity (Wildman–Crippen MR) is 159 cm³/mol. The number of aromatic nitrogens is 1. The van der Waals surface area contributed by atoms with Crippen LogP contribution in [0.25, 0.3) is 61.1 Å². The Hall–Kier alpha value is -4.32. The van der Waals surface area contributed by atoms with E-state index in [0.29, 0.717) is 17.3 Å². The van der Waals surface area contributed by atoms with Crippen LogP contribution in [0.1, 0.15) is 31.4 Å². The number of para-hydroxylation sites is 2. The van der Waals surface area contributed by atoms with Crippen molar-refractivity contribution < 1.29 is 14.5 Å². The van der Waals surface area contributed by atoms with Gasteiger partial charge in [0, 0.05) is 32.3 Å². The van der Waals surface area contributed by atoms with Crippen molar-refractivity contribution in [1.29, 1.82) is 0 Å². The van der Waals surface area contributed by atoms with Crippen molar-refractivity contribution in [3.8, 4) is 16.8 Å². The van der Waals surface area contributed by atoms with E-state index >= 15 is 0 Å². The Morgan fingerprint density at radius 1 is 0.795 bits per heavy atom. The Morgan fingerprint density at radius 3 is 2.46 bits per heavy atom. The molecule has 2 aromatic heterocycles. The Balaban J connectivity index is 1.52. The van der Waals surface area contributed by atoms with Crippen molar-refractivity contribution in [3.63, 3.8) is 0 Å². The fourth-order valence-electron chi connectivity index (χ4n) is 6.80. The molecule has 8 rings (SSSR count). The van der Waals surface area contributed by atoms with E-state index in [4.69, 9.17) is 4.42 Å². The minimum Gasteiger partial charge on any atom is -0.455 e. The number of nitrogens with zero attached hydrogens (tertiary/aromatic N) is 1. The van der Waals surface area contributed by atoms with Crippen LogP contribution in [0.15, 0.2) is 95.4 Å². The first kappa shape index (κ1) is 22.6. The van der Waals surface area contributed by atoms with E-state index in [9.17, 15) is 10.0 Å². The molecule has 39 heavy (non-hydrogen) atoms. The summed E-state index contributed by atoms with van der Waals surface area (Å²) in [5.74, 6) is 0. The van der Waals surface area contributed by atoms with Gasteiger partial charge in [-0.1, -0.05) is 86.7 Å². The minimum atomic E-state index is -1.58. The normalized spacial score (nSPS) is 15.3. The average Bonchev–Trinajstić information content (AvgIpc) is 3.47. The molecule has 0 unspecified atom stereocenters. The fraction of sp³-hybridized carbons (Fsp3) is 0.118.